The summed E-state index contributed by atoms with van der Waals surface area (Å²) >= 11 is 1.47. The van der Waals surface area contributed by atoms with Crippen molar-refractivity contribution in [2.45, 2.75) is 0 Å². The number of methoxy groups -OCH3 is 1. The molecule has 3 rings (SSSR count). The van der Waals surface area contributed by atoms with Crippen LogP contribution in [0.15, 0.2) is 72.1 Å². The van der Waals surface area contributed by atoms with Crippen LogP contribution in [0.3, 0.4) is 0 Å². The maximum atomic E-state index is 9.45. The molecule has 122 valence electrons. The summed E-state index contributed by atoms with van der Waals surface area (Å²) in [6, 6.07) is 19.9. The average Bonchev–Trinajstić information content (AvgIpc) is 3.16. The molecule has 0 spiro atoms. The molecule has 1 heterocycles. The molecule has 0 aliphatic rings. The first-order chi connectivity index (χ1) is 12.3. The van der Waals surface area contributed by atoms with Gasteiger partial charge in [0.1, 0.15) is 16.8 Å². The minimum atomic E-state index is 0.540. The Balaban J connectivity index is 1.83. The monoisotopic (exact) mass is 344 g/mol. The van der Waals surface area contributed by atoms with Crippen LogP contribution in [0, 0.1) is 11.3 Å². The third kappa shape index (κ3) is 4.03. The van der Waals surface area contributed by atoms with Gasteiger partial charge in [-0.3, -0.25) is 0 Å². The van der Waals surface area contributed by atoms with Crippen LogP contribution < -0.4 is 4.74 Å². The highest BCUT2D eigenvalue weighted by Crippen LogP contribution is 2.26. The smallest absolute Gasteiger partial charge is 0.134 e. The number of rotatable bonds is 5. The van der Waals surface area contributed by atoms with E-state index in [1.807, 2.05) is 72.1 Å². The summed E-state index contributed by atoms with van der Waals surface area (Å²) in [7, 11) is 1.64. The second-order valence-corrected chi connectivity index (χ2v) is 6.06. The Morgan fingerprint density at radius 3 is 2.64 bits per heavy atom. The molecular formula is C21H16N2OS. The Labute approximate surface area is 151 Å². The van der Waals surface area contributed by atoms with Gasteiger partial charge in [0.25, 0.3) is 0 Å². The van der Waals surface area contributed by atoms with Crippen molar-refractivity contribution in [3.63, 3.8) is 0 Å². The predicted molar refractivity (Wildman–Crippen MR) is 103 cm³/mol. The first-order valence-electron chi connectivity index (χ1n) is 7.74. The van der Waals surface area contributed by atoms with Gasteiger partial charge >= 0.3 is 0 Å². The van der Waals surface area contributed by atoms with Gasteiger partial charge in [0.15, 0.2) is 0 Å². The van der Waals surface area contributed by atoms with Crippen LogP contribution in [0.1, 0.15) is 10.6 Å². The number of nitrogens with zero attached hydrogens (tertiary/aromatic N) is 2. The van der Waals surface area contributed by atoms with Crippen molar-refractivity contribution in [1.82, 2.24) is 4.98 Å². The summed E-state index contributed by atoms with van der Waals surface area (Å²) in [5, 5.41) is 12.1. The number of allylic oxidation sites excluding steroid dienone is 3. The van der Waals surface area contributed by atoms with Crippen LogP contribution >= 0.6 is 11.3 Å². The number of hydrogen-bond donors (Lipinski definition) is 0. The summed E-state index contributed by atoms with van der Waals surface area (Å²) in [6.45, 7) is 0. The molecule has 3 aromatic rings. The van der Waals surface area contributed by atoms with Gasteiger partial charge in [0, 0.05) is 16.5 Å². The van der Waals surface area contributed by atoms with Gasteiger partial charge in [-0.2, -0.15) is 5.26 Å². The lowest BCUT2D eigenvalue weighted by atomic mass is 10.1. The summed E-state index contributed by atoms with van der Waals surface area (Å²) in [6.07, 6.45) is 5.54. The molecule has 3 nitrogen and oxygen atoms in total. The van der Waals surface area contributed by atoms with E-state index in [0.717, 1.165) is 22.6 Å². The first kappa shape index (κ1) is 16.7. The Hall–Kier alpha value is -3.16. The van der Waals surface area contributed by atoms with E-state index in [1.165, 1.54) is 11.3 Å². The normalized spacial score (nSPS) is 11.4. The van der Waals surface area contributed by atoms with Crippen molar-refractivity contribution in [2.75, 3.05) is 7.11 Å². The quantitative estimate of drug-likeness (QED) is 0.457. The van der Waals surface area contributed by atoms with E-state index >= 15 is 0 Å². The molecule has 0 aliphatic carbocycles. The fourth-order valence-electron chi connectivity index (χ4n) is 2.35. The van der Waals surface area contributed by atoms with Crippen molar-refractivity contribution >= 4 is 23.0 Å². The van der Waals surface area contributed by atoms with Crippen LogP contribution in [0.5, 0.6) is 5.75 Å². The number of thiazole rings is 1. The second-order valence-electron chi connectivity index (χ2n) is 5.20. The van der Waals surface area contributed by atoms with Gasteiger partial charge in [-0.1, -0.05) is 60.7 Å². The summed E-state index contributed by atoms with van der Waals surface area (Å²) < 4.78 is 5.32. The fourth-order valence-corrected chi connectivity index (χ4v) is 3.15. The number of nitriles is 1. The van der Waals surface area contributed by atoms with Crippen molar-refractivity contribution < 1.29 is 4.74 Å². The molecule has 0 radical (unpaired) electrons. The van der Waals surface area contributed by atoms with Crippen molar-refractivity contribution in [1.29, 1.82) is 5.26 Å². The van der Waals surface area contributed by atoms with Gasteiger partial charge in [0.05, 0.1) is 18.4 Å². The zero-order valence-electron chi connectivity index (χ0n) is 13.7. The Morgan fingerprint density at radius 1 is 1.12 bits per heavy atom. The third-order valence-corrected chi connectivity index (χ3v) is 4.48. The summed E-state index contributed by atoms with van der Waals surface area (Å²) in [4.78, 5) is 4.58. The third-order valence-electron chi connectivity index (χ3n) is 3.60. The maximum Gasteiger partial charge on any atom is 0.134 e. The lowest BCUT2D eigenvalue weighted by Crippen LogP contribution is -1.85. The minimum Gasteiger partial charge on any atom is -0.496 e. The van der Waals surface area contributed by atoms with Gasteiger partial charge in [-0.05, 0) is 12.1 Å². The lowest BCUT2D eigenvalue weighted by molar-refractivity contribution is 0.414. The van der Waals surface area contributed by atoms with E-state index in [4.69, 9.17) is 4.74 Å². The molecule has 0 saturated carbocycles. The van der Waals surface area contributed by atoms with Gasteiger partial charge in [-0.25, -0.2) is 4.98 Å². The molecule has 0 unspecified atom stereocenters. The molecule has 0 fully saturated rings. The first-order valence-corrected chi connectivity index (χ1v) is 8.62. The summed E-state index contributed by atoms with van der Waals surface area (Å²) in [5.41, 5.74) is 3.43. The van der Waals surface area contributed by atoms with Crippen molar-refractivity contribution in [2.24, 2.45) is 0 Å². The molecule has 0 aliphatic heterocycles. The van der Waals surface area contributed by atoms with Crippen LogP contribution in [-0.2, 0) is 0 Å². The molecule has 25 heavy (non-hydrogen) atoms. The molecule has 0 saturated heterocycles. The number of ether oxygens (including phenoxy) is 1. The number of hydrogen-bond acceptors (Lipinski definition) is 4. The number of aromatic nitrogens is 1. The minimum absolute atomic E-state index is 0.540. The van der Waals surface area contributed by atoms with E-state index < -0.39 is 0 Å². The molecule has 0 N–H and O–H groups in total. The second kappa shape index (κ2) is 8.09. The zero-order valence-corrected chi connectivity index (χ0v) is 14.5. The maximum absolute atomic E-state index is 9.45. The highest BCUT2D eigenvalue weighted by atomic mass is 32.1. The lowest BCUT2D eigenvalue weighted by Gasteiger charge is -2.02. The van der Waals surface area contributed by atoms with E-state index in [9.17, 15) is 5.26 Å². The molecule has 0 atom stereocenters. The molecule has 1 aromatic heterocycles. The van der Waals surface area contributed by atoms with Gasteiger partial charge in [0.2, 0.25) is 0 Å². The van der Waals surface area contributed by atoms with Crippen LogP contribution in [0.4, 0.5) is 0 Å². The molecule has 0 bridgehead atoms. The van der Waals surface area contributed by atoms with E-state index in [0.29, 0.717) is 10.6 Å². The Kier molecular flexibility index (Phi) is 5.40. The topological polar surface area (TPSA) is 45.9 Å². The van der Waals surface area contributed by atoms with E-state index in [2.05, 4.69) is 11.1 Å². The largest absolute Gasteiger partial charge is 0.496 e. The summed E-state index contributed by atoms with van der Waals surface area (Å²) in [5.74, 6) is 0.797. The van der Waals surface area contributed by atoms with E-state index in [1.54, 1.807) is 13.2 Å². The zero-order chi connectivity index (χ0) is 17.5. The standard InChI is InChI=1S/C21H16N2OS/c1-24-20-13-6-5-10-17(20)11-7-12-18(14-22)21-23-19(15-25-21)16-8-3-2-4-9-16/h2-13,15H,1H3/b11-7+,18-12+. The highest BCUT2D eigenvalue weighted by molar-refractivity contribution is 7.11. The van der Waals surface area contributed by atoms with Crippen LogP contribution in [0.25, 0.3) is 22.9 Å². The van der Waals surface area contributed by atoms with Crippen LogP contribution in [-0.4, -0.2) is 12.1 Å². The SMILES string of the molecule is COc1ccccc1/C=C/C=C(\C#N)c1nc(-c2ccccc2)cs1. The Bertz CT molecular complexity index is 949. The molecule has 2 aromatic carbocycles. The van der Waals surface area contributed by atoms with Gasteiger partial charge in [-0.15, -0.1) is 11.3 Å². The van der Waals surface area contributed by atoms with Gasteiger partial charge < -0.3 is 4.74 Å². The predicted octanol–water partition coefficient (Wildman–Crippen LogP) is 5.44. The molecule has 0 amide bonds. The van der Waals surface area contributed by atoms with Crippen molar-refractivity contribution in [3.8, 4) is 23.1 Å². The average molecular weight is 344 g/mol. The fraction of sp³-hybridized carbons (Fsp3) is 0.0476. The highest BCUT2D eigenvalue weighted by Gasteiger charge is 2.07. The van der Waals surface area contributed by atoms with Crippen LogP contribution in [0.2, 0.25) is 0 Å². The number of benzene rings is 2. The number of para-hydroxylation sites is 1. The Morgan fingerprint density at radius 2 is 1.88 bits per heavy atom. The van der Waals surface area contributed by atoms with Crippen molar-refractivity contribution in [3.05, 3.63) is 82.7 Å². The molecular weight excluding hydrogens is 328 g/mol. The molecule has 4 heteroatoms. The van der Waals surface area contributed by atoms with E-state index in [-0.39, 0.29) is 0 Å².